The van der Waals surface area contributed by atoms with Crippen molar-refractivity contribution in [2.75, 3.05) is 13.1 Å². The van der Waals surface area contributed by atoms with Crippen molar-refractivity contribution in [2.45, 2.75) is 292 Å². The van der Waals surface area contributed by atoms with Crippen molar-refractivity contribution in [1.29, 1.82) is 0 Å². The van der Waals surface area contributed by atoms with Crippen LogP contribution in [0, 0.1) is 90.7 Å². The van der Waals surface area contributed by atoms with E-state index in [4.69, 9.17) is 16.6 Å². The zero-order chi connectivity index (χ0) is 82.0. The largest absolute Gasteiger partial charge is 0.476 e. The molecule has 8 saturated carbocycles. The van der Waals surface area contributed by atoms with Gasteiger partial charge in [0.2, 0.25) is 23.5 Å². The number of hydrogen-bond acceptors (Lipinski definition) is 19. The van der Waals surface area contributed by atoms with E-state index in [2.05, 4.69) is 68.2 Å². The number of aromatic nitrogens is 6. The van der Waals surface area contributed by atoms with Crippen LogP contribution in [0.5, 0.6) is 0 Å². The summed E-state index contributed by atoms with van der Waals surface area (Å²) in [5.74, 6) is -7.99. The number of nitrogens with zero attached hydrogens (tertiary/aromatic N) is 8. The predicted molar refractivity (Wildman–Crippen MR) is 419 cm³/mol. The Bertz CT molecular complexity index is 4000. The number of rotatable bonds is 29. The number of primary amides is 2. The Balaban J connectivity index is 0.000000200. The maximum absolute atomic E-state index is 15.1. The highest BCUT2D eigenvalue weighted by Gasteiger charge is 2.86. The molecule has 26 heteroatoms. The predicted octanol–water partition coefficient (Wildman–Crippen LogP) is 10.8. The summed E-state index contributed by atoms with van der Waals surface area (Å²) >= 11 is 0. The van der Waals surface area contributed by atoms with Crippen LogP contribution in [0.15, 0.2) is 55.8 Å². The van der Waals surface area contributed by atoms with E-state index >= 15 is 9.59 Å². The third-order valence-corrected chi connectivity index (χ3v) is 30.3. The number of nitrogens with two attached hydrogens (primary N) is 2. The van der Waals surface area contributed by atoms with E-state index < -0.39 is 100 Å². The smallest absolute Gasteiger partial charge is 0.356 e. The number of nitrogens with one attached hydrogen (secondary N) is 2. The van der Waals surface area contributed by atoms with Crippen molar-refractivity contribution in [1.82, 2.24) is 50.3 Å². The fourth-order valence-corrected chi connectivity index (χ4v) is 22.5. The molecule has 0 bridgehead atoms. The Kier molecular flexibility index (Phi) is 26.0. The number of carboxylic acids is 1. The number of fused-ring (bicyclic) bond motifs is 2. The van der Waals surface area contributed by atoms with E-state index in [0.717, 1.165) is 141 Å². The van der Waals surface area contributed by atoms with Crippen molar-refractivity contribution < 1.29 is 67.7 Å². The number of likely N-dealkylation sites (tertiary alicyclic amines) is 2. The average molecular weight is 1560 g/mol. The van der Waals surface area contributed by atoms with Crippen molar-refractivity contribution in [3.05, 3.63) is 72.9 Å². The van der Waals surface area contributed by atoms with Gasteiger partial charge in [-0.25, -0.2) is 19.7 Å². The van der Waals surface area contributed by atoms with Crippen molar-refractivity contribution in [3.8, 4) is 0 Å². The molecule has 3 aromatic heterocycles. The summed E-state index contributed by atoms with van der Waals surface area (Å²) in [5, 5.41) is 25.1. The number of amides is 6. The topological polar surface area (TPSA) is 405 Å². The van der Waals surface area contributed by atoms with Crippen LogP contribution in [0.3, 0.4) is 0 Å². The Morgan fingerprint density at radius 3 is 1.17 bits per heavy atom. The van der Waals surface area contributed by atoms with Crippen LogP contribution < -0.4 is 22.1 Å². The average Bonchev–Trinajstić information content (AvgIpc) is 1.46. The number of carboxylic acid groups (broad SMARTS) is 1. The molecule has 0 radical (unpaired) electrons. The van der Waals surface area contributed by atoms with Crippen molar-refractivity contribution >= 4 is 70.3 Å². The second-order valence-electron chi connectivity index (χ2n) is 38.6. The van der Waals surface area contributed by atoms with E-state index in [1.807, 2.05) is 41.5 Å². The van der Waals surface area contributed by atoms with Gasteiger partial charge in [0, 0.05) is 110 Å². The molecule has 0 aromatic carbocycles. The first-order chi connectivity index (χ1) is 53.4. The molecule has 113 heavy (non-hydrogen) atoms. The van der Waals surface area contributed by atoms with Gasteiger partial charge in [-0.15, -0.1) is 0 Å². The van der Waals surface area contributed by atoms with Gasteiger partial charge in [0.15, 0.2) is 28.8 Å². The molecule has 4 spiro atoms. The third-order valence-electron chi connectivity index (χ3n) is 30.3. The van der Waals surface area contributed by atoms with Crippen LogP contribution >= 0.6 is 0 Å². The van der Waals surface area contributed by atoms with E-state index in [1.54, 1.807) is 9.80 Å². The van der Waals surface area contributed by atoms with Crippen LogP contribution in [0.1, 0.15) is 293 Å². The number of hydrogen-bond donors (Lipinski definition) is 6. The third kappa shape index (κ3) is 17.3. The summed E-state index contributed by atoms with van der Waals surface area (Å²) in [6.07, 6.45) is 34.9. The SMILES string of the molecule is CC(C)(C)[C@H](CC(=O)[C@@H](NC(=O)c1cnccn1)C1CCCCC1)C(=O)N1CC2(C[C@H]1C(=O)CC(CC1CCC1)C(=O)C(N)=O)C(C)(C)C21CCC1.CC(C)(C)[C@H](CC(=O)[C@@H](NC(=O)c1cnccn1)C1CCCCC1)C(=O)N1CC2(C[C@H]1C(=O)CC(CC1CCC1)C(O)C(N)=O)C(C)(C)C21CCC1.O=C(O)c1cnccn1. The van der Waals surface area contributed by atoms with Gasteiger partial charge in [-0.2, -0.15) is 0 Å². The zero-order valence-corrected chi connectivity index (χ0v) is 68.4. The molecule has 8 N–H and O–H groups in total. The van der Waals surface area contributed by atoms with Crippen molar-refractivity contribution in [3.63, 3.8) is 0 Å². The Hall–Kier alpha value is -8.16. The first kappa shape index (κ1) is 85.7. The van der Waals surface area contributed by atoms with Crippen LogP contribution in [-0.4, -0.2) is 164 Å². The molecule has 5 unspecified atom stereocenters. The minimum absolute atomic E-state index is 0.0180. The first-order valence-corrected chi connectivity index (χ1v) is 42.0. The van der Waals surface area contributed by atoms with Gasteiger partial charge in [-0.1, -0.05) is 159 Å². The van der Waals surface area contributed by atoms with Gasteiger partial charge in [-0.3, -0.25) is 67.7 Å². The highest BCUT2D eigenvalue weighted by atomic mass is 16.4. The second kappa shape index (κ2) is 34.3. The molecule has 2 aliphatic heterocycles. The van der Waals surface area contributed by atoms with Crippen molar-refractivity contribution in [2.24, 2.45) is 102 Å². The normalized spacial score (nSPS) is 25.8. The standard InChI is InChI=1S/C41H61N5O6.C41H59N5O6.C5H4N2O2/c2*1-38(2,3)28(21-32(48)33(26-13-7-6-8-14-26)45-36(51)29-23-43-17-18-44-29)37(52)46-24-41(39(4,5)40(41)15-10-16-40)22-30(46)31(47)20-27(34(49)35(42)50)19-25-11-9-12-25;8-5(9)4-3-6-1-2-7-4/h17-18,23,25-28,30,33-34,49H,6-16,19-22,24H2,1-5H3,(H2,42,50)(H,45,51);17-18,23,25-28,30,33H,6-16,19-22,24H2,1-5H3,(H2,42,50)(H,45,51);1-3H,(H,8,9)/t27?,28-,30+,33+,34?,41?;27?,28-,30+,33+,41?;/m11./s1. The lowest BCUT2D eigenvalue weighted by molar-refractivity contribution is -0.147. The Labute approximate surface area is 665 Å². The summed E-state index contributed by atoms with van der Waals surface area (Å²) in [4.78, 5) is 189. The lowest BCUT2D eigenvalue weighted by Gasteiger charge is -2.37. The summed E-state index contributed by atoms with van der Waals surface area (Å²) in [5.41, 5.74) is 9.62. The van der Waals surface area contributed by atoms with Crippen LogP contribution in [-0.2, 0) is 43.2 Å². The lowest BCUT2D eigenvalue weighted by Crippen LogP contribution is -2.51. The molecule has 616 valence electrons. The summed E-state index contributed by atoms with van der Waals surface area (Å²) < 4.78 is 0. The van der Waals surface area contributed by atoms with Gasteiger partial charge in [0.25, 0.3) is 17.7 Å². The zero-order valence-electron chi connectivity index (χ0n) is 68.4. The van der Waals surface area contributed by atoms with Gasteiger partial charge >= 0.3 is 5.97 Å². The summed E-state index contributed by atoms with van der Waals surface area (Å²) in [7, 11) is 0. The molecule has 8 aliphatic carbocycles. The second-order valence-corrected chi connectivity index (χ2v) is 38.6. The minimum Gasteiger partial charge on any atom is -0.476 e. The van der Waals surface area contributed by atoms with E-state index in [9.17, 15) is 53.1 Å². The fourth-order valence-electron chi connectivity index (χ4n) is 22.5. The van der Waals surface area contributed by atoms with Gasteiger partial charge in [0.05, 0.1) is 42.8 Å². The number of Topliss-reactive ketones (excluding diaryl/α,β-unsaturated/α-hetero) is 5. The van der Waals surface area contributed by atoms with Crippen LogP contribution in [0.25, 0.3) is 0 Å². The summed E-state index contributed by atoms with van der Waals surface area (Å²) in [6, 6.07) is -3.00. The molecule has 11 atom stereocenters. The van der Waals surface area contributed by atoms with Gasteiger partial charge in [-0.05, 0) is 133 Å². The van der Waals surface area contributed by atoms with Gasteiger partial charge in [0.1, 0.15) is 17.5 Å². The molecule has 10 fully saturated rings. The lowest BCUT2D eigenvalue weighted by atomic mass is 9.73. The minimum atomic E-state index is -1.42. The molecule has 3 aromatic rings. The number of carbonyl (C=O) groups is 12. The molecule has 5 heterocycles. The molecular weight excluding hydrogens is 1440 g/mol. The molecule has 2 saturated heterocycles. The number of ketones is 5. The fraction of sp³-hybridized carbons (Fsp3) is 0.724. The van der Waals surface area contributed by atoms with Gasteiger partial charge < -0.3 is 42.1 Å². The maximum Gasteiger partial charge on any atom is 0.356 e. The quantitative estimate of drug-likeness (QED) is 0.0352. The van der Waals surface area contributed by atoms with Crippen LogP contribution in [0.2, 0.25) is 0 Å². The first-order valence-electron chi connectivity index (χ1n) is 42.0. The van der Waals surface area contributed by atoms with Crippen LogP contribution in [0.4, 0.5) is 0 Å². The Morgan fingerprint density at radius 1 is 0.487 bits per heavy atom. The van der Waals surface area contributed by atoms with E-state index in [-0.39, 0.29) is 128 Å². The number of carbonyl (C=O) groups excluding carboxylic acids is 11. The Morgan fingerprint density at radius 2 is 0.867 bits per heavy atom. The highest BCUT2D eigenvalue weighted by molar-refractivity contribution is 6.36. The molecular formula is C87H124N12O14. The highest BCUT2D eigenvalue weighted by Crippen LogP contribution is 2.89. The molecule has 10 aliphatic rings. The number of aromatic carboxylic acids is 1. The number of aliphatic hydroxyl groups excluding tert-OH is 1. The molecule has 26 nitrogen and oxygen atoms in total. The number of aliphatic hydroxyl groups is 1. The van der Waals surface area contributed by atoms with E-state index in [1.165, 1.54) is 55.8 Å². The summed E-state index contributed by atoms with van der Waals surface area (Å²) in [6.45, 7) is 21.7. The maximum atomic E-state index is 15.1. The van der Waals surface area contributed by atoms with E-state index in [0.29, 0.717) is 44.7 Å². The monoisotopic (exact) mass is 1560 g/mol. The molecule has 6 amide bonds. The molecule has 13 rings (SSSR count).